The summed E-state index contributed by atoms with van der Waals surface area (Å²) < 4.78 is 5.06. The van der Waals surface area contributed by atoms with Gasteiger partial charge < -0.3 is 10.2 Å². The average Bonchev–Trinajstić information content (AvgIpc) is 2.83. The zero-order chi connectivity index (χ0) is 10.3. The van der Waals surface area contributed by atoms with Crippen molar-refractivity contribution in [3.8, 4) is 11.3 Å². The molecule has 0 spiro atoms. The van der Waals surface area contributed by atoms with E-state index in [2.05, 4.69) is 10.2 Å². The maximum Gasteiger partial charge on any atom is 0.100 e. The fourth-order valence-corrected chi connectivity index (χ4v) is 1.93. The first-order chi connectivity index (χ1) is 7.40. The van der Waals surface area contributed by atoms with Crippen molar-refractivity contribution in [1.82, 2.24) is 10.2 Å². The van der Waals surface area contributed by atoms with Crippen molar-refractivity contribution >= 4 is 0 Å². The van der Waals surface area contributed by atoms with Gasteiger partial charge in [0.2, 0.25) is 0 Å². The standard InChI is InChI=1S/C11H13N3O/c12-5-9-10(7-1-2-7)13-14-11(9)8-3-4-15-6-8/h3-4,6-7H,1-2,5,12H2,(H,13,14). The molecule has 3 N–H and O–H groups in total. The molecule has 2 aromatic heterocycles. The van der Waals surface area contributed by atoms with Crippen LogP contribution in [0.5, 0.6) is 0 Å². The number of rotatable bonds is 3. The van der Waals surface area contributed by atoms with Crippen molar-refractivity contribution in [2.24, 2.45) is 5.73 Å². The van der Waals surface area contributed by atoms with E-state index in [1.54, 1.807) is 12.5 Å². The predicted molar refractivity (Wildman–Crippen MR) is 56.2 cm³/mol. The largest absolute Gasteiger partial charge is 0.472 e. The highest BCUT2D eigenvalue weighted by molar-refractivity contribution is 5.63. The molecule has 0 amide bonds. The quantitative estimate of drug-likeness (QED) is 0.801. The van der Waals surface area contributed by atoms with Crippen molar-refractivity contribution in [3.63, 3.8) is 0 Å². The molecule has 78 valence electrons. The van der Waals surface area contributed by atoms with Gasteiger partial charge in [-0.05, 0) is 18.9 Å². The maximum absolute atomic E-state index is 5.78. The summed E-state index contributed by atoms with van der Waals surface area (Å²) in [5.41, 5.74) is 10.1. The SMILES string of the molecule is NCc1c(-c2ccoc2)n[nH]c1C1CC1. The Balaban J connectivity index is 2.07. The van der Waals surface area contributed by atoms with E-state index in [9.17, 15) is 0 Å². The van der Waals surface area contributed by atoms with Crippen molar-refractivity contribution in [3.05, 3.63) is 29.9 Å². The Bertz CT molecular complexity index is 454. The Morgan fingerprint density at radius 2 is 2.40 bits per heavy atom. The normalized spacial score (nSPS) is 15.8. The number of aromatic nitrogens is 2. The Kier molecular flexibility index (Phi) is 1.89. The highest BCUT2D eigenvalue weighted by atomic mass is 16.3. The molecule has 1 aliphatic rings. The van der Waals surface area contributed by atoms with E-state index in [-0.39, 0.29) is 0 Å². The third-order valence-corrected chi connectivity index (χ3v) is 2.88. The average molecular weight is 203 g/mol. The van der Waals surface area contributed by atoms with Crippen molar-refractivity contribution in [2.45, 2.75) is 25.3 Å². The lowest BCUT2D eigenvalue weighted by molar-refractivity contribution is 0.568. The smallest absolute Gasteiger partial charge is 0.100 e. The van der Waals surface area contributed by atoms with Crippen LogP contribution in [-0.4, -0.2) is 10.2 Å². The molecule has 4 nitrogen and oxygen atoms in total. The highest BCUT2D eigenvalue weighted by Gasteiger charge is 2.29. The summed E-state index contributed by atoms with van der Waals surface area (Å²) in [5.74, 6) is 0.650. The Morgan fingerprint density at radius 1 is 1.53 bits per heavy atom. The number of hydrogen-bond acceptors (Lipinski definition) is 3. The van der Waals surface area contributed by atoms with Gasteiger partial charge in [-0.15, -0.1) is 0 Å². The number of furan rings is 1. The summed E-state index contributed by atoms with van der Waals surface area (Å²) >= 11 is 0. The van der Waals surface area contributed by atoms with Crippen LogP contribution >= 0.6 is 0 Å². The van der Waals surface area contributed by atoms with Gasteiger partial charge in [-0.25, -0.2) is 0 Å². The summed E-state index contributed by atoms with van der Waals surface area (Å²) in [6, 6.07) is 1.91. The van der Waals surface area contributed by atoms with Gasteiger partial charge in [0.1, 0.15) is 5.69 Å². The minimum Gasteiger partial charge on any atom is -0.472 e. The van der Waals surface area contributed by atoms with Crippen LogP contribution in [0, 0.1) is 0 Å². The summed E-state index contributed by atoms with van der Waals surface area (Å²) in [5, 5.41) is 7.43. The monoisotopic (exact) mass is 203 g/mol. The summed E-state index contributed by atoms with van der Waals surface area (Å²) in [7, 11) is 0. The lowest BCUT2D eigenvalue weighted by Crippen LogP contribution is -2.00. The van der Waals surface area contributed by atoms with Gasteiger partial charge in [-0.3, -0.25) is 5.10 Å². The molecule has 0 saturated heterocycles. The molecule has 0 atom stereocenters. The number of H-pyrrole nitrogens is 1. The second kappa shape index (κ2) is 3.24. The molecular weight excluding hydrogens is 190 g/mol. The molecule has 1 saturated carbocycles. The Labute approximate surface area is 87.5 Å². The molecule has 2 heterocycles. The first-order valence-electron chi connectivity index (χ1n) is 5.20. The van der Waals surface area contributed by atoms with Crippen molar-refractivity contribution in [1.29, 1.82) is 0 Å². The summed E-state index contributed by atoms with van der Waals surface area (Å²) in [4.78, 5) is 0. The fourth-order valence-electron chi connectivity index (χ4n) is 1.93. The van der Waals surface area contributed by atoms with Crippen LogP contribution in [0.1, 0.15) is 30.0 Å². The molecule has 1 fully saturated rings. The van der Waals surface area contributed by atoms with Crippen molar-refractivity contribution < 1.29 is 4.42 Å². The number of hydrogen-bond donors (Lipinski definition) is 2. The Hall–Kier alpha value is -1.55. The predicted octanol–water partition coefficient (Wildman–Crippen LogP) is 2.01. The zero-order valence-electron chi connectivity index (χ0n) is 8.36. The topological polar surface area (TPSA) is 67.8 Å². The van der Waals surface area contributed by atoms with E-state index in [0.717, 1.165) is 16.8 Å². The molecular formula is C11H13N3O. The second-order valence-corrected chi connectivity index (χ2v) is 3.95. The van der Waals surface area contributed by atoms with Gasteiger partial charge in [-0.1, -0.05) is 0 Å². The summed E-state index contributed by atoms with van der Waals surface area (Å²) in [6.07, 6.45) is 5.85. The minimum atomic E-state index is 0.531. The third kappa shape index (κ3) is 1.37. The maximum atomic E-state index is 5.78. The van der Waals surface area contributed by atoms with Crippen LogP contribution < -0.4 is 5.73 Å². The zero-order valence-corrected chi connectivity index (χ0v) is 8.36. The number of nitrogens with one attached hydrogen (secondary N) is 1. The fraction of sp³-hybridized carbons (Fsp3) is 0.364. The molecule has 0 aromatic carbocycles. The van der Waals surface area contributed by atoms with Gasteiger partial charge in [0, 0.05) is 29.3 Å². The minimum absolute atomic E-state index is 0.531. The molecule has 0 aliphatic heterocycles. The highest BCUT2D eigenvalue weighted by Crippen LogP contribution is 2.42. The van der Waals surface area contributed by atoms with E-state index in [1.165, 1.54) is 18.5 Å². The van der Waals surface area contributed by atoms with E-state index in [0.29, 0.717) is 12.5 Å². The van der Waals surface area contributed by atoms with Gasteiger partial charge >= 0.3 is 0 Å². The molecule has 0 unspecified atom stereocenters. The van der Waals surface area contributed by atoms with Crippen LogP contribution in [0.2, 0.25) is 0 Å². The number of nitrogens with zero attached hydrogens (tertiary/aromatic N) is 1. The summed E-state index contributed by atoms with van der Waals surface area (Å²) in [6.45, 7) is 0.531. The lowest BCUT2D eigenvalue weighted by atomic mass is 10.1. The lowest BCUT2D eigenvalue weighted by Gasteiger charge is -1.99. The second-order valence-electron chi connectivity index (χ2n) is 3.95. The Morgan fingerprint density at radius 3 is 3.00 bits per heavy atom. The van der Waals surface area contributed by atoms with Crippen LogP contribution in [0.3, 0.4) is 0 Å². The first-order valence-corrected chi connectivity index (χ1v) is 5.20. The molecule has 0 radical (unpaired) electrons. The number of aromatic amines is 1. The van der Waals surface area contributed by atoms with Crippen molar-refractivity contribution in [2.75, 3.05) is 0 Å². The van der Waals surface area contributed by atoms with Gasteiger partial charge in [0.15, 0.2) is 0 Å². The van der Waals surface area contributed by atoms with E-state index in [1.807, 2.05) is 6.07 Å². The van der Waals surface area contributed by atoms with Crippen LogP contribution in [0.4, 0.5) is 0 Å². The van der Waals surface area contributed by atoms with Crippen LogP contribution in [-0.2, 0) is 6.54 Å². The van der Waals surface area contributed by atoms with Crippen LogP contribution in [0.25, 0.3) is 11.3 Å². The van der Waals surface area contributed by atoms with Crippen LogP contribution in [0.15, 0.2) is 23.0 Å². The van der Waals surface area contributed by atoms with E-state index < -0.39 is 0 Å². The van der Waals surface area contributed by atoms with Gasteiger partial charge in [-0.2, -0.15) is 5.10 Å². The first kappa shape index (κ1) is 8.73. The molecule has 4 heteroatoms. The third-order valence-electron chi connectivity index (χ3n) is 2.88. The molecule has 0 bridgehead atoms. The molecule has 1 aliphatic carbocycles. The molecule has 15 heavy (non-hydrogen) atoms. The van der Waals surface area contributed by atoms with Gasteiger partial charge in [0.05, 0.1) is 12.5 Å². The van der Waals surface area contributed by atoms with E-state index >= 15 is 0 Å². The number of nitrogens with two attached hydrogens (primary N) is 1. The van der Waals surface area contributed by atoms with E-state index in [4.69, 9.17) is 10.2 Å². The van der Waals surface area contributed by atoms with Gasteiger partial charge in [0.25, 0.3) is 0 Å². The molecule has 2 aromatic rings. The molecule has 3 rings (SSSR count).